The van der Waals surface area contributed by atoms with Gasteiger partial charge in [0.25, 0.3) is 0 Å². The van der Waals surface area contributed by atoms with E-state index >= 15 is 0 Å². The van der Waals surface area contributed by atoms with Crippen LogP contribution in [0.15, 0.2) is 59.8 Å². The lowest BCUT2D eigenvalue weighted by atomic mass is 9.48. The molecule has 0 aliphatic heterocycles. The second kappa shape index (κ2) is 7.95. The van der Waals surface area contributed by atoms with Crippen LogP contribution in [-0.4, -0.2) is 27.3 Å². The molecule has 4 nitrogen and oxygen atoms in total. The van der Waals surface area contributed by atoms with E-state index in [-0.39, 0.29) is 11.9 Å². The van der Waals surface area contributed by atoms with E-state index in [0.29, 0.717) is 11.2 Å². The topological polar surface area (TPSA) is 46.9 Å². The highest BCUT2D eigenvalue weighted by molar-refractivity contribution is 7.99. The van der Waals surface area contributed by atoms with Gasteiger partial charge in [0.2, 0.25) is 5.91 Å². The number of imidazole rings is 1. The molecule has 4 aliphatic carbocycles. The molecular weight excluding hydrogens is 414 g/mol. The molecular formula is C27H31N3OS. The summed E-state index contributed by atoms with van der Waals surface area (Å²) in [6.07, 6.45) is 8.26. The zero-order valence-corrected chi connectivity index (χ0v) is 19.5. The summed E-state index contributed by atoms with van der Waals surface area (Å²) in [4.78, 5) is 17.9. The molecule has 5 heteroatoms. The number of thioether (sulfide) groups is 1. The van der Waals surface area contributed by atoms with Crippen LogP contribution in [0.4, 0.5) is 0 Å². The molecule has 4 bridgehead atoms. The molecule has 1 amide bonds. The quantitative estimate of drug-likeness (QED) is 0.485. The summed E-state index contributed by atoms with van der Waals surface area (Å²) in [7, 11) is 0. The van der Waals surface area contributed by atoms with E-state index in [1.54, 1.807) is 0 Å². The van der Waals surface area contributed by atoms with Gasteiger partial charge in [-0.05, 0) is 92.9 Å². The van der Waals surface area contributed by atoms with Crippen LogP contribution in [0.5, 0.6) is 0 Å². The van der Waals surface area contributed by atoms with E-state index in [9.17, 15) is 4.79 Å². The maximum absolute atomic E-state index is 13.0. The fourth-order valence-electron chi connectivity index (χ4n) is 7.20. The van der Waals surface area contributed by atoms with Gasteiger partial charge in [-0.15, -0.1) is 0 Å². The van der Waals surface area contributed by atoms with Crippen molar-refractivity contribution < 1.29 is 4.79 Å². The van der Waals surface area contributed by atoms with Crippen molar-refractivity contribution in [3.8, 4) is 5.69 Å². The number of nitrogens with one attached hydrogen (secondary N) is 1. The smallest absolute Gasteiger partial charge is 0.230 e. The molecule has 0 saturated heterocycles. The molecule has 4 aliphatic rings. The number of hydrogen-bond acceptors (Lipinski definition) is 3. The van der Waals surface area contributed by atoms with Crippen molar-refractivity contribution in [1.29, 1.82) is 0 Å². The zero-order chi connectivity index (χ0) is 21.7. The minimum atomic E-state index is 0.130. The first kappa shape index (κ1) is 20.3. The normalized spacial score (nSPS) is 29.3. The number of hydrogen-bond donors (Lipinski definition) is 1. The Hall–Kier alpha value is -2.27. The van der Waals surface area contributed by atoms with Gasteiger partial charge in [0.05, 0.1) is 16.8 Å². The van der Waals surface area contributed by atoms with Gasteiger partial charge >= 0.3 is 0 Å². The van der Waals surface area contributed by atoms with Crippen molar-refractivity contribution in [2.75, 3.05) is 5.75 Å². The van der Waals surface area contributed by atoms with E-state index in [0.717, 1.165) is 39.6 Å². The number of carbonyl (C=O) groups excluding carboxylic acids is 1. The summed E-state index contributed by atoms with van der Waals surface area (Å²) < 4.78 is 2.16. The van der Waals surface area contributed by atoms with Gasteiger partial charge in [0, 0.05) is 11.7 Å². The van der Waals surface area contributed by atoms with Crippen LogP contribution >= 0.6 is 11.8 Å². The van der Waals surface area contributed by atoms with Crippen molar-refractivity contribution in [1.82, 2.24) is 14.9 Å². The Kier molecular flexibility index (Phi) is 5.05. The third kappa shape index (κ3) is 3.55. The third-order valence-corrected chi connectivity index (χ3v) is 9.20. The molecule has 0 spiro atoms. The summed E-state index contributed by atoms with van der Waals surface area (Å²) in [5, 5.41) is 4.27. The largest absolute Gasteiger partial charge is 0.352 e. The van der Waals surface area contributed by atoms with E-state index in [2.05, 4.69) is 35.0 Å². The maximum Gasteiger partial charge on any atom is 0.230 e. The van der Waals surface area contributed by atoms with E-state index < -0.39 is 0 Å². The number of para-hydroxylation sites is 3. The lowest BCUT2D eigenvalue weighted by molar-refractivity contribution is -0.123. The van der Waals surface area contributed by atoms with Gasteiger partial charge in [0.1, 0.15) is 0 Å². The molecule has 1 atom stereocenters. The highest BCUT2D eigenvalue weighted by Crippen LogP contribution is 2.61. The summed E-state index contributed by atoms with van der Waals surface area (Å²) in [6.45, 7) is 2.26. The monoisotopic (exact) mass is 445 g/mol. The summed E-state index contributed by atoms with van der Waals surface area (Å²) >= 11 is 1.53. The second-order valence-corrected chi connectivity index (χ2v) is 11.4. The average molecular weight is 446 g/mol. The molecule has 1 N–H and O–H groups in total. The standard InChI is InChI=1S/C27H31N3OS/c1-18(27-14-19-11-20(15-27)13-21(12-19)16-27)28-25(31)17-32-26-29-23-9-5-6-10-24(23)30(26)22-7-3-2-4-8-22/h2-10,18-21H,11-17H2,1H3,(H,28,31). The molecule has 4 fully saturated rings. The maximum atomic E-state index is 13.0. The minimum absolute atomic E-state index is 0.130. The van der Waals surface area contributed by atoms with E-state index in [4.69, 9.17) is 4.98 Å². The van der Waals surface area contributed by atoms with Crippen LogP contribution in [0.1, 0.15) is 45.4 Å². The molecule has 7 rings (SSSR count). The summed E-state index contributed by atoms with van der Waals surface area (Å²) in [5.41, 5.74) is 3.45. The number of benzene rings is 2. The van der Waals surface area contributed by atoms with Crippen LogP contribution in [0.25, 0.3) is 16.7 Å². The van der Waals surface area contributed by atoms with Gasteiger partial charge in [-0.1, -0.05) is 42.1 Å². The lowest BCUT2D eigenvalue weighted by Crippen LogP contribution is -2.56. The molecule has 0 radical (unpaired) electrons. The molecule has 32 heavy (non-hydrogen) atoms. The first-order valence-electron chi connectivity index (χ1n) is 12.0. The fraction of sp³-hybridized carbons (Fsp3) is 0.481. The Bertz CT molecular complexity index is 1100. The van der Waals surface area contributed by atoms with Crippen molar-refractivity contribution in [2.45, 2.75) is 56.6 Å². The number of rotatable bonds is 6. The predicted molar refractivity (Wildman–Crippen MR) is 130 cm³/mol. The van der Waals surface area contributed by atoms with Crippen molar-refractivity contribution in [2.24, 2.45) is 23.2 Å². The Morgan fingerprint density at radius 3 is 2.34 bits per heavy atom. The molecule has 4 saturated carbocycles. The van der Waals surface area contributed by atoms with Crippen molar-refractivity contribution >= 4 is 28.7 Å². The van der Waals surface area contributed by atoms with Crippen molar-refractivity contribution in [3.05, 3.63) is 54.6 Å². The van der Waals surface area contributed by atoms with E-state index in [1.807, 2.05) is 36.4 Å². The van der Waals surface area contributed by atoms with Gasteiger partial charge in [-0.25, -0.2) is 4.98 Å². The van der Waals surface area contributed by atoms with E-state index in [1.165, 1.54) is 50.3 Å². The molecule has 166 valence electrons. The van der Waals surface area contributed by atoms with Gasteiger partial charge in [0.15, 0.2) is 5.16 Å². The minimum Gasteiger partial charge on any atom is -0.352 e. The Labute approximate surface area is 194 Å². The van der Waals surface area contributed by atoms with Crippen LogP contribution in [-0.2, 0) is 4.79 Å². The highest BCUT2D eigenvalue weighted by Gasteiger charge is 2.53. The number of amides is 1. The predicted octanol–water partition coefficient (Wildman–Crippen LogP) is 5.84. The molecule has 2 aromatic carbocycles. The Balaban J connectivity index is 1.18. The Morgan fingerprint density at radius 1 is 1.03 bits per heavy atom. The highest BCUT2D eigenvalue weighted by atomic mass is 32.2. The fourth-order valence-corrected chi connectivity index (χ4v) is 8.04. The molecule has 1 aromatic heterocycles. The summed E-state index contributed by atoms with van der Waals surface area (Å²) in [5.74, 6) is 3.24. The first-order valence-corrected chi connectivity index (χ1v) is 13.0. The average Bonchev–Trinajstić information content (AvgIpc) is 3.16. The SMILES string of the molecule is CC(NC(=O)CSc1nc2ccccc2n1-c1ccccc1)C12CC3CC(CC(C3)C1)C2. The first-order chi connectivity index (χ1) is 15.6. The van der Waals surface area contributed by atoms with Gasteiger partial charge in [-0.3, -0.25) is 9.36 Å². The van der Waals surface area contributed by atoms with Gasteiger partial charge in [-0.2, -0.15) is 0 Å². The van der Waals surface area contributed by atoms with Gasteiger partial charge < -0.3 is 5.32 Å². The molecule has 1 unspecified atom stereocenters. The van der Waals surface area contributed by atoms with Crippen LogP contribution in [0.3, 0.4) is 0 Å². The van der Waals surface area contributed by atoms with Crippen molar-refractivity contribution in [3.63, 3.8) is 0 Å². The Morgan fingerprint density at radius 2 is 1.66 bits per heavy atom. The second-order valence-electron chi connectivity index (χ2n) is 10.4. The number of carbonyl (C=O) groups is 1. The number of nitrogens with zero attached hydrogens (tertiary/aromatic N) is 2. The lowest BCUT2D eigenvalue weighted by Gasteiger charge is -2.59. The van der Waals surface area contributed by atoms with Crippen LogP contribution < -0.4 is 5.32 Å². The van der Waals surface area contributed by atoms with Crippen LogP contribution in [0.2, 0.25) is 0 Å². The number of fused-ring (bicyclic) bond motifs is 1. The molecule has 3 aromatic rings. The summed E-state index contributed by atoms with van der Waals surface area (Å²) in [6, 6.07) is 18.7. The molecule has 1 heterocycles. The zero-order valence-electron chi connectivity index (χ0n) is 18.7. The number of aromatic nitrogens is 2. The van der Waals surface area contributed by atoms with Crippen LogP contribution in [0, 0.1) is 23.2 Å². The third-order valence-electron chi connectivity index (χ3n) is 8.26.